The number of anilines is 1. The molecule has 7 heteroatoms. The van der Waals surface area contributed by atoms with Gasteiger partial charge in [0.1, 0.15) is 0 Å². The number of carbonyl (C=O) groups is 1. The van der Waals surface area contributed by atoms with Gasteiger partial charge in [-0.05, 0) is 18.6 Å². The van der Waals surface area contributed by atoms with Crippen LogP contribution in [0.15, 0.2) is 28.9 Å². The van der Waals surface area contributed by atoms with Crippen LogP contribution in [0.4, 0.5) is 11.4 Å². The molecule has 0 aliphatic rings. The second-order valence-electron chi connectivity index (χ2n) is 4.12. The van der Waals surface area contributed by atoms with Crippen LogP contribution in [0.5, 0.6) is 0 Å². The van der Waals surface area contributed by atoms with Crippen LogP contribution >= 0.6 is 11.6 Å². The topological polar surface area (TPSA) is 74.0 Å². The largest absolute Gasteiger partial charge is 0.362 e. The van der Waals surface area contributed by atoms with Crippen LogP contribution in [-0.2, 0) is 4.79 Å². The van der Waals surface area contributed by atoms with Gasteiger partial charge in [-0.15, -0.1) is 4.99 Å². The molecular weight excluding hydrogens is 302 g/mol. The highest BCUT2D eigenvalue weighted by Gasteiger charge is 2.10. The van der Waals surface area contributed by atoms with Crippen molar-refractivity contribution in [3.05, 3.63) is 57.3 Å². The van der Waals surface area contributed by atoms with Crippen LogP contribution in [0.3, 0.4) is 0 Å². The normalized spacial score (nSPS) is 11.1. The summed E-state index contributed by atoms with van der Waals surface area (Å²) in [5.41, 5.74) is 1.26. The Morgan fingerprint density at radius 3 is 2.64 bits per heavy atom. The molecule has 1 rings (SSSR count). The average Bonchev–Trinajstić information content (AvgIpc) is 2.47. The Kier molecular flexibility index (Phi) is 5.84. The highest BCUT2D eigenvalue weighted by Crippen LogP contribution is 2.30. The third-order valence-electron chi connectivity index (χ3n) is 2.50. The maximum absolute atomic E-state index is 11.2. The van der Waals surface area contributed by atoms with Crippen molar-refractivity contribution < 1.29 is 4.79 Å². The number of aliphatic imine (C=N–C) groups is 1. The lowest BCUT2D eigenvalue weighted by atomic mass is 10.1. The Labute approximate surface area is 133 Å². The molecule has 1 N–H and O–H groups in total. The lowest BCUT2D eigenvalue weighted by Gasteiger charge is -2.08. The van der Waals surface area contributed by atoms with Crippen LogP contribution < -0.4 is 5.32 Å². The van der Waals surface area contributed by atoms with Gasteiger partial charge in [-0.25, -0.2) is 10.1 Å². The second-order valence-corrected chi connectivity index (χ2v) is 4.52. The van der Waals surface area contributed by atoms with Crippen LogP contribution in [-0.4, -0.2) is 11.7 Å². The number of nitrogens with one attached hydrogen (secondary N) is 1. The van der Waals surface area contributed by atoms with Gasteiger partial charge in [-0.3, -0.25) is 4.79 Å². The second kappa shape index (κ2) is 7.59. The molecule has 0 aliphatic heterocycles. The van der Waals surface area contributed by atoms with Gasteiger partial charge < -0.3 is 10.2 Å². The molecule has 0 bridgehead atoms. The first kappa shape index (κ1) is 16.9. The number of benzene rings is 1. The molecule has 1 aromatic rings. The quantitative estimate of drug-likeness (QED) is 0.398. The highest BCUT2D eigenvalue weighted by molar-refractivity contribution is 6.32. The van der Waals surface area contributed by atoms with E-state index in [1.165, 1.54) is 13.0 Å². The number of nitriles is 1. The van der Waals surface area contributed by atoms with E-state index in [9.17, 15) is 4.79 Å². The molecule has 108 valence electrons. The van der Waals surface area contributed by atoms with E-state index in [0.29, 0.717) is 22.0 Å². The van der Waals surface area contributed by atoms with Gasteiger partial charge in [0.05, 0.1) is 12.6 Å². The fourth-order valence-corrected chi connectivity index (χ4v) is 1.70. The summed E-state index contributed by atoms with van der Waals surface area (Å²) in [6.45, 7) is 16.9. The van der Waals surface area contributed by atoms with Crippen molar-refractivity contribution >= 4 is 34.7 Å². The van der Waals surface area contributed by atoms with E-state index in [1.807, 2.05) is 0 Å². The van der Waals surface area contributed by atoms with Crippen LogP contribution in [0.25, 0.3) is 9.69 Å². The number of amidine groups is 1. The summed E-state index contributed by atoms with van der Waals surface area (Å²) >= 11 is 6.08. The van der Waals surface area contributed by atoms with Crippen molar-refractivity contribution in [2.24, 2.45) is 4.99 Å². The number of hydrogen-bond acceptors (Lipinski definition) is 3. The number of hydrogen-bond donors (Lipinski definition) is 1. The first-order chi connectivity index (χ1) is 10.4. The molecule has 0 heterocycles. The van der Waals surface area contributed by atoms with Crippen LogP contribution in [0, 0.1) is 31.4 Å². The predicted octanol–water partition coefficient (Wildman–Crippen LogP) is 3.88. The molecule has 22 heavy (non-hydrogen) atoms. The highest BCUT2D eigenvalue weighted by atomic mass is 35.5. The SMILES string of the molecule is [C-]#[N+]C(/C=C(/C#N)[N+]#[C-])=Nc1cc(Cl)c(C)c(NC(C)=O)c1. The van der Waals surface area contributed by atoms with E-state index < -0.39 is 0 Å². The minimum atomic E-state index is -0.259. The van der Waals surface area contributed by atoms with E-state index in [2.05, 4.69) is 20.0 Å². The van der Waals surface area contributed by atoms with Crippen molar-refractivity contribution in [3.8, 4) is 6.07 Å². The Hall–Kier alpha value is -3.14. The zero-order chi connectivity index (χ0) is 16.7. The molecule has 0 fully saturated rings. The lowest BCUT2D eigenvalue weighted by molar-refractivity contribution is -0.114. The van der Waals surface area contributed by atoms with Crippen LogP contribution in [0.2, 0.25) is 5.02 Å². The Bertz CT molecular complexity index is 787. The first-order valence-corrected chi connectivity index (χ1v) is 6.32. The number of amides is 1. The van der Waals surface area contributed by atoms with Crippen molar-refractivity contribution in [1.29, 1.82) is 5.26 Å². The smallest absolute Gasteiger partial charge is 0.260 e. The monoisotopic (exact) mass is 311 g/mol. The Morgan fingerprint density at radius 1 is 1.45 bits per heavy atom. The predicted molar refractivity (Wildman–Crippen MR) is 84.5 cm³/mol. The number of nitrogens with zero attached hydrogens (tertiary/aromatic N) is 4. The molecule has 1 aromatic carbocycles. The van der Waals surface area contributed by atoms with Gasteiger partial charge in [0.15, 0.2) is 5.69 Å². The molecule has 0 atom stereocenters. The zero-order valence-electron chi connectivity index (χ0n) is 11.8. The molecular formula is C15H10ClN5O. The summed E-state index contributed by atoms with van der Waals surface area (Å²) in [6.07, 6.45) is 1.09. The summed E-state index contributed by atoms with van der Waals surface area (Å²) in [7, 11) is 0. The molecule has 6 nitrogen and oxygen atoms in total. The van der Waals surface area contributed by atoms with E-state index in [-0.39, 0.29) is 17.4 Å². The Balaban J connectivity index is 3.36. The molecule has 0 unspecified atom stereocenters. The van der Waals surface area contributed by atoms with Crippen molar-refractivity contribution in [2.45, 2.75) is 13.8 Å². The number of halogens is 1. The van der Waals surface area contributed by atoms with Gasteiger partial charge in [-0.2, -0.15) is 0 Å². The average molecular weight is 312 g/mol. The van der Waals surface area contributed by atoms with E-state index in [4.69, 9.17) is 30.0 Å². The van der Waals surface area contributed by atoms with Gasteiger partial charge in [0.2, 0.25) is 5.91 Å². The van der Waals surface area contributed by atoms with Crippen molar-refractivity contribution in [2.75, 3.05) is 5.32 Å². The molecule has 1 amide bonds. The fourth-order valence-electron chi connectivity index (χ4n) is 1.48. The zero-order valence-corrected chi connectivity index (χ0v) is 12.6. The molecule has 0 aromatic heterocycles. The van der Waals surface area contributed by atoms with Gasteiger partial charge in [-0.1, -0.05) is 18.2 Å². The third kappa shape index (κ3) is 4.45. The van der Waals surface area contributed by atoms with Gasteiger partial charge >= 0.3 is 0 Å². The number of allylic oxidation sites excluding steroid dienone is 1. The minimum Gasteiger partial charge on any atom is -0.362 e. The summed E-state index contributed by atoms with van der Waals surface area (Å²) in [4.78, 5) is 21.3. The fraction of sp³-hybridized carbons (Fsp3) is 0.133. The van der Waals surface area contributed by atoms with E-state index >= 15 is 0 Å². The van der Waals surface area contributed by atoms with Crippen molar-refractivity contribution in [1.82, 2.24) is 0 Å². The molecule has 0 saturated carbocycles. The summed E-state index contributed by atoms with van der Waals surface area (Å²) < 4.78 is 0. The standard InChI is InChI=1S/C15H10ClN5O/c1-9-13(16)5-11(6-14(9)20-10(2)22)21-15(19-4)7-12(8-17)18-3/h5-7H,1-2H3,(H,20,22)/b12-7-,21-15?. The molecule has 0 aliphatic carbocycles. The Morgan fingerprint density at radius 2 is 2.14 bits per heavy atom. The molecule has 0 spiro atoms. The summed E-state index contributed by atoms with van der Waals surface area (Å²) in [5.74, 6) is -0.383. The van der Waals surface area contributed by atoms with Crippen molar-refractivity contribution in [3.63, 3.8) is 0 Å². The lowest BCUT2D eigenvalue weighted by Crippen LogP contribution is -2.07. The maximum atomic E-state index is 11.2. The van der Waals surface area contributed by atoms with E-state index in [1.54, 1.807) is 19.1 Å². The maximum Gasteiger partial charge on any atom is 0.260 e. The van der Waals surface area contributed by atoms with Gasteiger partial charge in [0, 0.05) is 29.8 Å². The third-order valence-corrected chi connectivity index (χ3v) is 2.89. The summed E-state index contributed by atoms with van der Waals surface area (Å²) in [5, 5.41) is 11.7. The van der Waals surface area contributed by atoms with Crippen LogP contribution in [0.1, 0.15) is 12.5 Å². The number of carbonyl (C=O) groups excluding carboxylic acids is 1. The molecule has 0 saturated heterocycles. The minimum absolute atomic E-state index is 0.124. The molecule has 0 radical (unpaired) electrons. The number of rotatable bonds is 3. The van der Waals surface area contributed by atoms with Gasteiger partial charge in [0.25, 0.3) is 11.5 Å². The first-order valence-electron chi connectivity index (χ1n) is 5.94. The van der Waals surface area contributed by atoms with E-state index in [0.717, 1.165) is 6.08 Å². The summed E-state index contributed by atoms with van der Waals surface area (Å²) in [6, 6.07) is 4.75.